The minimum absolute atomic E-state index is 0.103. The molecule has 104 valence electrons. The van der Waals surface area contributed by atoms with E-state index in [1.807, 2.05) is 0 Å². The Hall–Kier alpha value is -1.60. The molecule has 0 bridgehead atoms. The van der Waals surface area contributed by atoms with Crippen molar-refractivity contribution in [2.24, 2.45) is 7.05 Å². The molecule has 0 unspecified atom stereocenters. The van der Waals surface area contributed by atoms with Crippen LogP contribution in [0, 0.1) is 0 Å². The van der Waals surface area contributed by atoms with Gasteiger partial charge in [0.15, 0.2) is 5.58 Å². The van der Waals surface area contributed by atoms with Gasteiger partial charge < -0.3 is 4.42 Å². The smallest absolute Gasteiger partial charge is 0.408 e. The van der Waals surface area contributed by atoms with Gasteiger partial charge in [0.1, 0.15) is 0 Å². The highest BCUT2D eigenvalue weighted by Crippen LogP contribution is 2.19. The maximum atomic E-state index is 12.2. The number of sulfonamides is 1. The Labute approximate surface area is 111 Å². The Bertz CT molecular complexity index is 778. The Morgan fingerprint density at radius 2 is 1.89 bits per heavy atom. The molecule has 0 fully saturated rings. The van der Waals surface area contributed by atoms with Crippen LogP contribution in [0.15, 0.2) is 32.3 Å². The fourth-order valence-electron chi connectivity index (χ4n) is 1.74. The number of oxazole rings is 1. The van der Waals surface area contributed by atoms with E-state index in [0.717, 1.165) is 0 Å². The minimum Gasteiger partial charge on any atom is -0.408 e. The van der Waals surface area contributed by atoms with E-state index in [-0.39, 0.29) is 4.90 Å². The number of hydrogen-bond acceptors (Lipinski definition) is 4. The van der Waals surface area contributed by atoms with Gasteiger partial charge >= 0.3 is 5.76 Å². The normalized spacial score (nSPS) is 13.1. The zero-order valence-corrected chi connectivity index (χ0v) is 12.0. The van der Waals surface area contributed by atoms with E-state index in [4.69, 9.17) is 4.42 Å². The number of hydrogen-bond donors (Lipinski definition) is 1. The van der Waals surface area contributed by atoms with Crippen LogP contribution in [0.25, 0.3) is 11.1 Å². The molecule has 0 radical (unpaired) electrons. The van der Waals surface area contributed by atoms with Crippen LogP contribution in [0.2, 0.25) is 0 Å². The van der Waals surface area contributed by atoms with Crippen molar-refractivity contribution in [3.8, 4) is 0 Å². The second-order valence-corrected chi connectivity index (χ2v) is 7.09. The van der Waals surface area contributed by atoms with Gasteiger partial charge in [-0.3, -0.25) is 4.57 Å². The summed E-state index contributed by atoms with van der Waals surface area (Å²) in [4.78, 5) is 11.5. The summed E-state index contributed by atoms with van der Waals surface area (Å²) in [6.45, 7) is 5.28. The number of aryl methyl sites for hydroxylation is 1. The molecule has 19 heavy (non-hydrogen) atoms. The summed E-state index contributed by atoms with van der Waals surface area (Å²) in [5, 5.41) is 0. The van der Waals surface area contributed by atoms with Crippen LogP contribution in [-0.4, -0.2) is 18.5 Å². The predicted octanol–water partition coefficient (Wildman–Crippen LogP) is 1.21. The van der Waals surface area contributed by atoms with E-state index in [1.165, 1.54) is 29.8 Å². The van der Waals surface area contributed by atoms with Crippen LogP contribution in [0.4, 0.5) is 0 Å². The standard InChI is InChI=1S/C12H16N2O4S/c1-12(2,3)13-19(16,17)8-5-6-10-9(7-8)14(4)11(15)18-10/h5-7,13H,1-4H3. The molecule has 0 atom stereocenters. The van der Waals surface area contributed by atoms with Gasteiger partial charge in [-0.25, -0.2) is 17.9 Å². The fourth-order valence-corrected chi connectivity index (χ4v) is 3.17. The monoisotopic (exact) mass is 284 g/mol. The summed E-state index contributed by atoms with van der Waals surface area (Å²) in [6, 6.07) is 4.32. The maximum absolute atomic E-state index is 12.2. The Balaban J connectivity index is 2.58. The lowest BCUT2D eigenvalue weighted by molar-refractivity contribution is 0.491. The summed E-state index contributed by atoms with van der Waals surface area (Å²) in [7, 11) is -2.09. The number of fused-ring (bicyclic) bond motifs is 1. The number of rotatable bonds is 2. The second kappa shape index (κ2) is 4.21. The number of nitrogens with zero attached hydrogens (tertiary/aromatic N) is 1. The van der Waals surface area contributed by atoms with Crippen molar-refractivity contribution in [3.63, 3.8) is 0 Å². The maximum Gasteiger partial charge on any atom is 0.419 e. The van der Waals surface area contributed by atoms with Crippen molar-refractivity contribution < 1.29 is 12.8 Å². The molecular formula is C12H16N2O4S. The van der Waals surface area contributed by atoms with Crippen LogP contribution in [0.3, 0.4) is 0 Å². The minimum atomic E-state index is -3.62. The molecule has 6 nitrogen and oxygen atoms in total. The highest BCUT2D eigenvalue weighted by molar-refractivity contribution is 7.89. The van der Waals surface area contributed by atoms with Crippen LogP contribution < -0.4 is 10.5 Å². The highest BCUT2D eigenvalue weighted by Gasteiger charge is 2.22. The zero-order valence-electron chi connectivity index (χ0n) is 11.2. The van der Waals surface area contributed by atoms with Crippen LogP contribution in [0.1, 0.15) is 20.8 Å². The third kappa shape index (κ3) is 2.71. The van der Waals surface area contributed by atoms with Crippen molar-refractivity contribution >= 4 is 21.1 Å². The Kier molecular flexibility index (Phi) is 3.06. The predicted molar refractivity (Wildman–Crippen MR) is 71.5 cm³/mol. The van der Waals surface area contributed by atoms with E-state index >= 15 is 0 Å². The van der Waals surface area contributed by atoms with Crippen LogP contribution in [0.5, 0.6) is 0 Å². The van der Waals surface area contributed by atoms with E-state index in [1.54, 1.807) is 20.8 Å². The van der Waals surface area contributed by atoms with Crippen molar-refractivity contribution in [2.75, 3.05) is 0 Å². The number of benzene rings is 1. The van der Waals surface area contributed by atoms with Crippen LogP contribution >= 0.6 is 0 Å². The molecule has 1 N–H and O–H groups in total. The lowest BCUT2D eigenvalue weighted by Gasteiger charge is -2.20. The van der Waals surface area contributed by atoms with Gasteiger partial charge in [0.2, 0.25) is 10.0 Å². The molecular weight excluding hydrogens is 268 g/mol. The Morgan fingerprint density at radius 3 is 2.47 bits per heavy atom. The number of aromatic nitrogens is 1. The molecule has 0 aliphatic rings. The van der Waals surface area contributed by atoms with Gasteiger partial charge in [-0.1, -0.05) is 0 Å². The van der Waals surface area contributed by atoms with Gasteiger partial charge in [0, 0.05) is 12.6 Å². The third-order valence-electron chi connectivity index (χ3n) is 2.51. The molecule has 0 saturated carbocycles. The molecule has 1 heterocycles. The van der Waals surface area contributed by atoms with Crippen molar-refractivity contribution in [2.45, 2.75) is 31.2 Å². The third-order valence-corrected chi connectivity index (χ3v) is 4.27. The molecule has 0 aliphatic heterocycles. The van der Waals surface area contributed by atoms with E-state index in [2.05, 4.69) is 4.72 Å². The molecule has 0 amide bonds. The van der Waals surface area contributed by atoms with E-state index in [9.17, 15) is 13.2 Å². The lowest BCUT2D eigenvalue weighted by Crippen LogP contribution is -2.40. The van der Waals surface area contributed by atoms with Crippen LogP contribution in [-0.2, 0) is 17.1 Å². The first kappa shape index (κ1) is 13.8. The Morgan fingerprint density at radius 1 is 1.26 bits per heavy atom. The van der Waals surface area contributed by atoms with Gasteiger partial charge in [-0.05, 0) is 39.0 Å². The summed E-state index contributed by atoms with van der Waals surface area (Å²) in [5.41, 5.74) is 0.236. The second-order valence-electron chi connectivity index (χ2n) is 5.41. The lowest BCUT2D eigenvalue weighted by atomic mass is 10.1. The summed E-state index contributed by atoms with van der Waals surface area (Å²) in [5.74, 6) is -0.520. The molecule has 0 aliphatic carbocycles. The topological polar surface area (TPSA) is 81.3 Å². The van der Waals surface area contributed by atoms with E-state index in [0.29, 0.717) is 11.1 Å². The summed E-state index contributed by atoms with van der Waals surface area (Å²) >= 11 is 0. The largest absolute Gasteiger partial charge is 0.419 e. The first-order chi connectivity index (χ1) is 8.60. The quantitative estimate of drug-likeness (QED) is 0.898. The molecule has 0 spiro atoms. The average Bonchev–Trinajstić information content (AvgIpc) is 2.51. The fraction of sp³-hybridized carbons (Fsp3) is 0.417. The molecule has 1 aromatic carbocycles. The van der Waals surface area contributed by atoms with E-state index < -0.39 is 21.3 Å². The number of nitrogens with one attached hydrogen (secondary N) is 1. The first-order valence-electron chi connectivity index (χ1n) is 5.74. The summed E-state index contributed by atoms with van der Waals surface area (Å²) in [6.07, 6.45) is 0. The average molecular weight is 284 g/mol. The summed E-state index contributed by atoms with van der Waals surface area (Å²) < 4.78 is 33.1. The van der Waals surface area contributed by atoms with Crippen molar-refractivity contribution in [1.82, 2.24) is 9.29 Å². The molecule has 2 rings (SSSR count). The molecule has 1 aromatic heterocycles. The van der Waals surface area contributed by atoms with Gasteiger partial charge in [-0.15, -0.1) is 0 Å². The molecule has 0 saturated heterocycles. The van der Waals surface area contributed by atoms with Crippen molar-refractivity contribution in [3.05, 3.63) is 28.7 Å². The first-order valence-corrected chi connectivity index (χ1v) is 7.22. The molecule has 2 aromatic rings. The van der Waals surface area contributed by atoms with Gasteiger partial charge in [0.05, 0.1) is 10.4 Å². The SMILES string of the molecule is Cn1c(=O)oc2ccc(S(=O)(=O)NC(C)(C)C)cc21. The van der Waals surface area contributed by atoms with Crippen molar-refractivity contribution in [1.29, 1.82) is 0 Å². The molecule has 7 heteroatoms. The van der Waals surface area contributed by atoms with Gasteiger partial charge in [-0.2, -0.15) is 0 Å². The van der Waals surface area contributed by atoms with Gasteiger partial charge in [0.25, 0.3) is 0 Å². The zero-order chi connectivity index (χ0) is 14.4. The highest BCUT2D eigenvalue weighted by atomic mass is 32.2.